The zero-order valence-corrected chi connectivity index (χ0v) is 10.5. The van der Waals surface area contributed by atoms with E-state index < -0.39 is 62.4 Å². The number of hydrogen-bond acceptors (Lipinski definition) is 3. The first-order chi connectivity index (χ1) is 15.0. The van der Waals surface area contributed by atoms with Gasteiger partial charge >= 0.3 is 0 Å². The molecule has 1 saturated heterocycles. The van der Waals surface area contributed by atoms with Gasteiger partial charge in [-0.1, -0.05) is 12.6 Å². The number of methoxy groups -OCH3 is 1. The lowest BCUT2D eigenvalue weighted by Crippen LogP contribution is -2.12. The number of rotatable bonds is 4. The van der Waals surface area contributed by atoms with Gasteiger partial charge in [0.2, 0.25) is 0 Å². The van der Waals surface area contributed by atoms with Crippen LogP contribution in [0.5, 0.6) is 11.5 Å². The standard InChI is InChI=1S/C17H23NO2/c1-12-9-14(11-18-12)13-7-8-16(19-2)17(10-13)20-15-5-3-4-6-15/h7-8,10,14-15,18H,1,3-6,9,11H2,2H3/i2D3,3D2,4D2,5D2,6D2,9D2,15D. The number of benzene rings is 1. The number of ether oxygens (including phenoxy) is 2. The first-order valence-electron chi connectivity index (χ1n) is 13.0. The maximum Gasteiger partial charge on any atom is 0.161 e. The Morgan fingerprint density at radius 3 is 2.95 bits per heavy atom. The van der Waals surface area contributed by atoms with Gasteiger partial charge in [-0.2, -0.15) is 0 Å². The lowest BCUT2D eigenvalue weighted by atomic mass is 9.97. The summed E-state index contributed by atoms with van der Waals surface area (Å²) in [5.74, 6) is -2.13. The summed E-state index contributed by atoms with van der Waals surface area (Å²) in [4.78, 5) is 0. The zero-order chi connectivity index (χ0) is 26.3. The predicted octanol–water partition coefficient (Wildman–Crippen LogP) is 3.61. The maximum absolute atomic E-state index is 8.50. The van der Waals surface area contributed by atoms with Gasteiger partial charge in [-0.25, -0.2) is 0 Å². The minimum absolute atomic E-state index is 0.0868. The fourth-order valence-corrected chi connectivity index (χ4v) is 2.01. The van der Waals surface area contributed by atoms with Crippen molar-refractivity contribution in [2.24, 2.45) is 0 Å². The Bertz CT molecular complexity index is 976. The molecule has 3 heteroatoms. The molecule has 2 fully saturated rings. The quantitative estimate of drug-likeness (QED) is 0.917. The predicted molar refractivity (Wildman–Crippen MR) is 80.4 cm³/mol. The average molecular weight is 287 g/mol. The molecule has 20 heavy (non-hydrogen) atoms. The molecule has 1 aromatic rings. The second-order valence-electron chi connectivity index (χ2n) is 4.30. The van der Waals surface area contributed by atoms with E-state index >= 15 is 0 Å². The lowest BCUT2D eigenvalue weighted by molar-refractivity contribution is 0.200. The van der Waals surface area contributed by atoms with E-state index in [2.05, 4.69) is 11.9 Å². The van der Waals surface area contributed by atoms with Crippen LogP contribution in [0.4, 0.5) is 0 Å². The molecule has 1 N–H and O–H groups in total. The summed E-state index contributed by atoms with van der Waals surface area (Å²) in [6.45, 7) is 3.69. The van der Waals surface area contributed by atoms with Crippen LogP contribution in [-0.4, -0.2) is 19.7 Å². The van der Waals surface area contributed by atoms with Gasteiger partial charge < -0.3 is 14.8 Å². The average Bonchev–Trinajstić information content (AvgIpc) is 2.95. The van der Waals surface area contributed by atoms with Gasteiger partial charge in [0.1, 0.15) is 0 Å². The van der Waals surface area contributed by atoms with E-state index in [0.717, 1.165) is 12.1 Å². The van der Waals surface area contributed by atoms with Crippen LogP contribution in [0.1, 0.15) is 62.5 Å². The summed E-state index contributed by atoms with van der Waals surface area (Å²) in [5.41, 5.74) is 0.280. The van der Waals surface area contributed by atoms with Crippen LogP contribution in [0.15, 0.2) is 30.5 Å². The number of hydrogen-bond donors (Lipinski definition) is 1. The van der Waals surface area contributed by atoms with Crippen molar-refractivity contribution in [3.8, 4) is 11.5 Å². The molecule has 1 saturated carbocycles. The van der Waals surface area contributed by atoms with Crippen molar-refractivity contribution in [2.75, 3.05) is 13.6 Å². The Morgan fingerprint density at radius 2 is 2.25 bits per heavy atom. The molecular weight excluding hydrogens is 250 g/mol. The van der Waals surface area contributed by atoms with E-state index in [-0.39, 0.29) is 17.8 Å². The highest BCUT2D eigenvalue weighted by Gasteiger charge is 2.22. The summed E-state index contributed by atoms with van der Waals surface area (Å²) in [7, 11) is -3.04. The maximum atomic E-state index is 8.50. The normalized spacial score (nSPS) is 48.0. The molecule has 0 bridgehead atoms. The van der Waals surface area contributed by atoms with Crippen LogP contribution in [0.25, 0.3) is 0 Å². The third-order valence-corrected chi connectivity index (χ3v) is 2.97. The lowest BCUT2D eigenvalue weighted by Gasteiger charge is -2.18. The third kappa shape index (κ3) is 2.77. The highest BCUT2D eigenvalue weighted by molar-refractivity contribution is 5.45. The van der Waals surface area contributed by atoms with Gasteiger partial charge in [-0.15, -0.1) is 0 Å². The van der Waals surface area contributed by atoms with E-state index in [1.54, 1.807) is 0 Å². The first kappa shape index (κ1) is 4.69. The van der Waals surface area contributed by atoms with Crippen molar-refractivity contribution in [1.82, 2.24) is 5.32 Å². The molecule has 1 aliphatic heterocycles. The molecule has 1 unspecified atom stereocenters. The monoisotopic (exact) mass is 287 g/mol. The van der Waals surface area contributed by atoms with E-state index in [1.807, 2.05) is 0 Å². The Kier molecular flexibility index (Phi) is 1.35. The van der Waals surface area contributed by atoms with E-state index in [0.29, 0.717) is 0 Å². The molecule has 2 aliphatic rings. The molecule has 3 rings (SSSR count). The molecule has 108 valence electrons. The van der Waals surface area contributed by atoms with Crippen molar-refractivity contribution in [1.29, 1.82) is 0 Å². The van der Waals surface area contributed by atoms with Crippen LogP contribution in [0.3, 0.4) is 0 Å². The summed E-state index contributed by atoms with van der Waals surface area (Å²) in [5, 5.41) is 2.77. The van der Waals surface area contributed by atoms with Crippen LogP contribution in [-0.2, 0) is 0 Å². The van der Waals surface area contributed by atoms with Gasteiger partial charge in [0.15, 0.2) is 11.5 Å². The first-order valence-corrected chi connectivity index (χ1v) is 6.00. The largest absolute Gasteiger partial charge is 0.493 e. The summed E-state index contributed by atoms with van der Waals surface area (Å²) in [6.07, 6.45) is -19.6. The topological polar surface area (TPSA) is 30.5 Å². The molecule has 0 amide bonds. The van der Waals surface area contributed by atoms with Gasteiger partial charge in [0.05, 0.1) is 18.6 Å². The summed E-state index contributed by atoms with van der Waals surface area (Å²) >= 11 is 0. The van der Waals surface area contributed by atoms with Crippen LogP contribution in [0.2, 0.25) is 0 Å². The summed E-state index contributed by atoms with van der Waals surface area (Å²) in [6, 6.07) is 3.44. The minimum Gasteiger partial charge on any atom is -0.493 e. The Hall–Kier alpha value is -1.64. The van der Waals surface area contributed by atoms with Gasteiger partial charge in [0, 0.05) is 31.9 Å². The van der Waals surface area contributed by atoms with Gasteiger partial charge in [-0.3, -0.25) is 0 Å². The van der Waals surface area contributed by atoms with Crippen molar-refractivity contribution < 1.29 is 28.7 Å². The Morgan fingerprint density at radius 1 is 1.40 bits per heavy atom. The smallest absolute Gasteiger partial charge is 0.161 e. The van der Waals surface area contributed by atoms with Crippen LogP contribution in [0, 0.1) is 0 Å². The van der Waals surface area contributed by atoms with Crippen molar-refractivity contribution >= 4 is 0 Å². The van der Waals surface area contributed by atoms with Crippen molar-refractivity contribution in [2.45, 2.75) is 43.9 Å². The van der Waals surface area contributed by atoms with E-state index in [9.17, 15) is 0 Å². The van der Waals surface area contributed by atoms with Gasteiger partial charge in [-0.05, 0) is 49.6 Å². The number of allylic oxidation sites excluding steroid dienone is 1. The van der Waals surface area contributed by atoms with E-state index in [4.69, 9.17) is 28.7 Å². The molecular formula is C17H23NO2. The molecule has 1 heterocycles. The molecule has 1 atom stereocenters. The molecule has 1 aromatic carbocycles. The third-order valence-electron chi connectivity index (χ3n) is 2.97. The highest BCUT2D eigenvalue weighted by Crippen LogP contribution is 2.36. The summed E-state index contributed by atoms with van der Waals surface area (Å²) < 4.78 is 121. The second-order valence-corrected chi connectivity index (χ2v) is 4.30. The zero-order valence-electron chi connectivity index (χ0n) is 24.5. The van der Waals surface area contributed by atoms with E-state index in [1.165, 1.54) is 6.07 Å². The van der Waals surface area contributed by atoms with Gasteiger partial charge in [0.25, 0.3) is 0 Å². The molecule has 3 nitrogen and oxygen atoms in total. The minimum atomic E-state index is -3.56. The number of nitrogens with one attached hydrogen (secondary N) is 1. The Balaban J connectivity index is 2.18. The fraction of sp³-hybridized carbons (Fsp3) is 0.529. The fourth-order valence-electron chi connectivity index (χ4n) is 2.01. The molecule has 0 spiro atoms. The van der Waals surface area contributed by atoms with Crippen LogP contribution >= 0.6 is 0 Å². The molecule has 0 aromatic heterocycles. The Labute approximate surface area is 140 Å². The van der Waals surface area contributed by atoms with Crippen molar-refractivity contribution in [3.05, 3.63) is 36.0 Å². The SMILES string of the molecule is [2H]C([2H])([2H])Oc1ccc(C2CNC(=C)C2([2H])[2H])cc1OC1([2H])C([2H])([2H])C([2H])([2H])C([2H])([2H])C1([2H])[2H]. The van der Waals surface area contributed by atoms with Crippen molar-refractivity contribution in [3.63, 3.8) is 0 Å². The second kappa shape index (κ2) is 5.78. The molecule has 1 aliphatic carbocycles. The highest BCUT2D eigenvalue weighted by atomic mass is 16.5. The molecule has 0 radical (unpaired) electrons. The van der Waals surface area contributed by atoms with Crippen LogP contribution < -0.4 is 14.8 Å².